The fourth-order valence-corrected chi connectivity index (χ4v) is 5.31. The molecule has 0 radical (unpaired) electrons. The predicted molar refractivity (Wildman–Crippen MR) is 127 cm³/mol. The average Bonchev–Trinajstić information content (AvgIpc) is 3.35. The summed E-state index contributed by atoms with van der Waals surface area (Å²) >= 11 is 0. The molecule has 0 saturated carbocycles. The lowest BCUT2D eigenvalue weighted by Gasteiger charge is -2.43. The first-order chi connectivity index (χ1) is 16.0. The Morgan fingerprint density at radius 1 is 1.06 bits per heavy atom. The van der Waals surface area contributed by atoms with Crippen LogP contribution in [-0.4, -0.2) is 35.4 Å². The number of para-hydroxylation sites is 1. The molecule has 1 unspecified atom stereocenters. The van der Waals surface area contributed by atoms with Crippen LogP contribution in [0.1, 0.15) is 32.7 Å². The summed E-state index contributed by atoms with van der Waals surface area (Å²) < 4.78 is 5.45. The normalized spacial score (nSPS) is 18.8. The highest BCUT2D eigenvalue weighted by Gasteiger charge is 2.58. The van der Waals surface area contributed by atoms with Crippen LogP contribution >= 0.6 is 0 Å². The second-order valence-electron chi connectivity index (χ2n) is 8.67. The van der Waals surface area contributed by atoms with Crippen LogP contribution in [0.15, 0.2) is 66.7 Å². The third-order valence-corrected chi connectivity index (χ3v) is 6.90. The van der Waals surface area contributed by atoms with Gasteiger partial charge in [-0.3, -0.25) is 9.59 Å². The van der Waals surface area contributed by atoms with Crippen molar-refractivity contribution in [3.63, 3.8) is 0 Å². The monoisotopic (exact) mass is 437 g/mol. The molecule has 33 heavy (non-hydrogen) atoms. The topological polar surface area (TPSA) is 74.4 Å². The molecular weight excluding hydrogens is 414 g/mol. The van der Waals surface area contributed by atoms with Gasteiger partial charge in [-0.25, -0.2) is 0 Å². The van der Waals surface area contributed by atoms with Crippen LogP contribution in [0, 0.1) is 6.92 Å². The maximum atomic E-state index is 13.9. The molecule has 164 valence electrons. The van der Waals surface area contributed by atoms with Crippen molar-refractivity contribution in [3.05, 3.63) is 94.7 Å². The molecule has 2 amide bonds. The van der Waals surface area contributed by atoms with Gasteiger partial charge in [-0.2, -0.15) is 0 Å². The lowest BCUT2D eigenvalue weighted by atomic mass is 9.79. The van der Waals surface area contributed by atoms with Gasteiger partial charge in [0.05, 0.1) is 12.8 Å². The standard InChI is InChI=1S/C27H23N3O3/c1-16-7-9-17(10-8-16)25(31)30-14-13-19-20-15-18(33-2)11-12-22(20)28-24(19)27(30)21-5-3-4-6-23(21)29-26(27)32/h3-12,15,28H,13-14H2,1-2H3,(H,29,32). The van der Waals surface area contributed by atoms with E-state index in [0.717, 1.165) is 44.7 Å². The minimum atomic E-state index is -1.27. The number of aromatic nitrogens is 1. The molecule has 2 aliphatic rings. The molecular formula is C27H23N3O3. The maximum absolute atomic E-state index is 13.9. The second-order valence-corrected chi connectivity index (χ2v) is 8.67. The van der Waals surface area contributed by atoms with Crippen LogP contribution in [0.4, 0.5) is 5.69 Å². The molecule has 0 fully saturated rings. The summed E-state index contributed by atoms with van der Waals surface area (Å²) in [5.41, 5.74) is 4.61. The number of nitrogens with zero attached hydrogens (tertiary/aromatic N) is 1. The van der Waals surface area contributed by atoms with Crippen molar-refractivity contribution in [2.45, 2.75) is 18.9 Å². The summed E-state index contributed by atoms with van der Waals surface area (Å²) in [6.45, 7) is 2.41. The Labute approximate surface area is 191 Å². The van der Waals surface area contributed by atoms with Gasteiger partial charge in [0, 0.05) is 34.3 Å². The van der Waals surface area contributed by atoms with Crippen molar-refractivity contribution in [3.8, 4) is 5.75 Å². The number of amides is 2. The zero-order chi connectivity index (χ0) is 22.7. The molecule has 3 heterocycles. The van der Waals surface area contributed by atoms with E-state index in [2.05, 4.69) is 10.3 Å². The predicted octanol–water partition coefficient (Wildman–Crippen LogP) is 4.38. The SMILES string of the molecule is COc1ccc2[nH]c3c(c2c1)CCN(C(=O)c1ccc(C)cc1)C31C(=O)Nc2ccccc21. The van der Waals surface area contributed by atoms with Crippen LogP contribution in [0.25, 0.3) is 10.9 Å². The lowest BCUT2D eigenvalue weighted by Crippen LogP contribution is -2.57. The Hall–Kier alpha value is -4.06. The van der Waals surface area contributed by atoms with Gasteiger partial charge in [0.1, 0.15) is 5.75 Å². The maximum Gasteiger partial charge on any atom is 0.261 e. The summed E-state index contributed by atoms with van der Waals surface area (Å²) in [5.74, 6) is 0.375. The van der Waals surface area contributed by atoms with Crippen molar-refractivity contribution in [2.75, 3.05) is 19.0 Å². The quantitative estimate of drug-likeness (QED) is 0.489. The van der Waals surface area contributed by atoms with Gasteiger partial charge >= 0.3 is 0 Å². The number of rotatable bonds is 2. The van der Waals surface area contributed by atoms with Gasteiger partial charge in [0.2, 0.25) is 0 Å². The van der Waals surface area contributed by atoms with Crippen LogP contribution in [-0.2, 0) is 16.8 Å². The molecule has 6 heteroatoms. The van der Waals surface area contributed by atoms with E-state index in [0.29, 0.717) is 18.5 Å². The number of H-pyrrole nitrogens is 1. The van der Waals surface area contributed by atoms with Crippen molar-refractivity contribution in [1.82, 2.24) is 9.88 Å². The minimum Gasteiger partial charge on any atom is -0.497 e. The summed E-state index contributed by atoms with van der Waals surface area (Å²) in [6, 6.07) is 21.0. The van der Waals surface area contributed by atoms with Gasteiger partial charge in [-0.15, -0.1) is 0 Å². The number of methoxy groups -OCH3 is 1. The zero-order valence-corrected chi connectivity index (χ0v) is 18.4. The minimum absolute atomic E-state index is 0.163. The molecule has 2 N–H and O–H groups in total. The van der Waals surface area contributed by atoms with Gasteiger partial charge in [0.25, 0.3) is 11.8 Å². The Balaban J connectivity index is 1.63. The average molecular weight is 437 g/mol. The number of anilines is 1. The summed E-state index contributed by atoms with van der Waals surface area (Å²) in [7, 11) is 1.64. The van der Waals surface area contributed by atoms with Gasteiger partial charge < -0.3 is 19.9 Å². The molecule has 4 aromatic rings. The molecule has 1 aromatic heterocycles. The van der Waals surface area contributed by atoms with Crippen molar-refractivity contribution >= 4 is 28.4 Å². The van der Waals surface area contributed by atoms with E-state index in [1.54, 1.807) is 12.0 Å². The van der Waals surface area contributed by atoms with Crippen molar-refractivity contribution in [2.24, 2.45) is 0 Å². The fraction of sp³-hybridized carbons (Fsp3) is 0.185. The third kappa shape index (κ3) is 2.61. The molecule has 6 nitrogen and oxygen atoms in total. The van der Waals surface area contributed by atoms with Gasteiger partial charge in [0.15, 0.2) is 5.54 Å². The Morgan fingerprint density at radius 2 is 1.85 bits per heavy atom. The number of ether oxygens (including phenoxy) is 1. The number of aryl methyl sites for hydroxylation is 1. The first kappa shape index (κ1) is 19.6. The lowest BCUT2D eigenvalue weighted by molar-refractivity contribution is -0.124. The summed E-state index contributed by atoms with van der Waals surface area (Å²) in [5, 5.41) is 4.05. The first-order valence-electron chi connectivity index (χ1n) is 11.0. The smallest absolute Gasteiger partial charge is 0.261 e. The summed E-state index contributed by atoms with van der Waals surface area (Å²) in [6.07, 6.45) is 0.636. The fourth-order valence-electron chi connectivity index (χ4n) is 5.31. The Kier molecular flexibility index (Phi) is 4.14. The number of hydrogen-bond acceptors (Lipinski definition) is 3. The Bertz CT molecular complexity index is 1440. The molecule has 0 saturated heterocycles. The highest BCUT2D eigenvalue weighted by atomic mass is 16.5. The number of carbonyl (C=O) groups is 2. The third-order valence-electron chi connectivity index (χ3n) is 6.90. The number of carbonyl (C=O) groups excluding carboxylic acids is 2. The number of benzene rings is 3. The molecule has 1 spiro atoms. The van der Waals surface area contributed by atoms with E-state index >= 15 is 0 Å². The summed E-state index contributed by atoms with van der Waals surface area (Å²) in [4.78, 5) is 32.9. The van der Waals surface area contributed by atoms with Crippen LogP contribution in [0.5, 0.6) is 5.75 Å². The van der Waals surface area contributed by atoms with Crippen molar-refractivity contribution in [1.29, 1.82) is 0 Å². The van der Waals surface area contributed by atoms with Gasteiger partial charge in [-0.1, -0.05) is 35.9 Å². The van der Waals surface area contributed by atoms with E-state index in [4.69, 9.17) is 4.74 Å². The van der Waals surface area contributed by atoms with E-state index < -0.39 is 5.54 Å². The van der Waals surface area contributed by atoms with Crippen LogP contribution < -0.4 is 10.1 Å². The van der Waals surface area contributed by atoms with E-state index in [-0.39, 0.29) is 11.8 Å². The number of nitrogens with one attached hydrogen (secondary N) is 2. The molecule has 0 aliphatic carbocycles. The number of aromatic amines is 1. The number of fused-ring (bicyclic) bond motifs is 6. The number of hydrogen-bond donors (Lipinski definition) is 2. The zero-order valence-electron chi connectivity index (χ0n) is 18.4. The molecule has 6 rings (SSSR count). The largest absolute Gasteiger partial charge is 0.497 e. The van der Waals surface area contributed by atoms with E-state index in [1.165, 1.54) is 0 Å². The molecule has 3 aromatic carbocycles. The van der Waals surface area contributed by atoms with Gasteiger partial charge in [-0.05, 0) is 55.3 Å². The first-order valence-corrected chi connectivity index (χ1v) is 11.0. The van der Waals surface area contributed by atoms with Crippen LogP contribution in [0.3, 0.4) is 0 Å². The van der Waals surface area contributed by atoms with E-state index in [9.17, 15) is 9.59 Å². The van der Waals surface area contributed by atoms with E-state index in [1.807, 2.05) is 73.7 Å². The molecule has 1 atom stereocenters. The second kappa shape index (κ2) is 6.97. The Morgan fingerprint density at radius 3 is 2.64 bits per heavy atom. The van der Waals surface area contributed by atoms with Crippen molar-refractivity contribution < 1.29 is 14.3 Å². The highest BCUT2D eigenvalue weighted by Crippen LogP contribution is 2.50. The highest BCUT2D eigenvalue weighted by molar-refractivity contribution is 6.12. The molecule has 0 bridgehead atoms. The molecule has 2 aliphatic heterocycles. The van der Waals surface area contributed by atoms with Crippen LogP contribution in [0.2, 0.25) is 0 Å².